The number of halogens is 1. The minimum Gasteiger partial charge on any atom is -0.346 e. The van der Waals surface area contributed by atoms with Gasteiger partial charge in [0.2, 0.25) is 5.91 Å². The molecule has 0 aromatic carbocycles. The van der Waals surface area contributed by atoms with Crippen molar-refractivity contribution in [1.82, 2.24) is 5.32 Å². The summed E-state index contributed by atoms with van der Waals surface area (Å²) in [6.07, 6.45) is 0. The third-order valence-electron chi connectivity index (χ3n) is 0.408. The van der Waals surface area contributed by atoms with Gasteiger partial charge in [-0.1, -0.05) is 22.6 Å². The van der Waals surface area contributed by atoms with Gasteiger partial charge in [0.15, 0.2) is 0 Å². The second kappa shape index (κ2) is 4.70. The Hall–Kier alpha value is 0.550. The first-order valence-corrected chi connectivity index (χ1v) is 3.90. The fraction of sp³-hybridized carbons (Fsp3) is 0.667. The van der Waals surface area contributed by atoms with Crippen LogP contribution in [0.3, 0.4) is 0 Å². The summed E-state index contributed by atoms with van der Waals surface area (Å²) in [4.78, 5) is 10.2. The number of alkyl halides is 1. The summed E-state index contributed by atoms with van der Waals surface area (Å²) in [5.41, 5.74) is 0. The van der Waals surface area contributed by atoms with E-state index in [2.05, 4.69) is 40.5 Å². The minimum atomic E-state index is -0.0160. The number of amides is 1. The molecule has 1 amide bonds. The number of nitrogens with one attached hydrogen (secondary N) is 1. The minimum absolute atomic E-state index is 0.0160. The van der Waals surface area contributed by atoms with Gasteiger partial charge in [-0.2, -0.15) is 12.6 Å². The van der Waals surface area contributed by atoms with E-state index in [1.54, 1.807) is 0 Å². The van der Waals surface area contributed by atoms with E-state index >= 15 is 0 Å². The van der Waals surface area contributed by atoms with Crippen LogP contribution in [0.25, 0.3) is 0 Å². The van der Waals surface area contributed by atoms with Crippen molar-refractivity contribution in [3.8, 4) is 0 Å². The summed E-state index contributed by atoms with van der Waals surface area (Å²) in [5, 5.41) is 2.57. The molecule has 0 aliphatic rings. The number of hydrogen-bond donors (Lipinski definition) is 2. The van der Waals surface area contributed by atoms with Gasteiger partial charge in [-0.15, -0.1) is 0 Å². The second-order valence-corrected chi connectivity index (χ2v) is 1.97. The van der Waals surface area contributed by atoms with Gasteiger partial charge in [0.1, 0.15) is 0 Å². The lowest BCUT2D eigenvalue weighted by molar-refractivity contribution is -0.118. The molecule has 0 rings (SSSR count). The quantitative estimate of drug-likeness (QED) is 0.307. The van der Waals surface area contributed by atoms with Crippen molar-refractivity contribution < 1.29 is 4.79 Å². The Morgan fingerprint density at radius 2 is 2.43 bits per heavy atom. The van der Waals surface area contributed by atoms with Crippen LogP contribution in [0.4, 0.5) is 0 Å². The molecule has 0 aromatic rings. The zero-order valence-electron chi connectivity index (χ0n) is 3.65. The van der Waals surface area contributed by atoms with Gasteiger partial charge in [0, 0.05) is 0 Å². The Kier molecular flexibility index (Phi) is 5.07. The van der Waals surface area contributed by atoms with Crippen LogP contribution in [0, 0.1) is 0 Å². The van der Waals surface area contributed by atoms with Crippen molar-refractivity contribution in [2.24, 2.45) is 0 Å². The van der Waals surface area contributed by atoms with Gasteiger partial charge in [0.05, 0.1) is 10.3 Å². The van der Waals surface area contributed by atoms with Crippen molar-refractivity contribution in [2.45, 2.75) is 0 Å². The highest BCUT2D eigenvalue weighted by atomic mass is 127. The fourth-order valence-electron chi connectivity index (χ4n) is 0.130. The van der Waals surface area contributed by atoms with E-state index in [0.29, 0.717) is 4.55 Å². The first kappa shape index (κ1) is 7.55. The number of hydrogen-bond acceptors (Lipinski definition) is 2. The lowest BCUT2D eigenvalue weighted by Gasteiger charge is -1.92. The Bertz CT molecular complexity index is 68.0. The molecule has 0 radical (unpaired) electrons. The van der Waals surface area contributed by atoms with Gasteiger partial charge < -0.3 is 5.32 Å². The molecule has 0 aliphatic heterocycles. The maximum atomic E-state index is 10.2. The SMILES string of the molecule is O=C(CS)NCI. The topological polar surface area (TPSA) is 29.1 Å². The molecule has 0 unspecified atom stereocenters. The average Bonchev–Trinajstić information content (AvgIpc) is 1.68. The first-order valence-electron chi connectivity index (χ1n) is 1.74. The highest BCUT2D eigenvalue weighted by molar-refractivity contribution is 14.1. The molecule has 0 heterocycles. The number of rotatable bonds is 2. The maximum absolute atomic E-state index is 10.2. The maximum Gasteiger partial charge on any atom is 0.230 e. The lowest BCUT2D eigenvalue weighted by atomic mass is 10.7. The highest BCUT2D eigenvalue weighted by Gasteiger charge is 1.89. The lowest BCUT2D eigenvalue weighted by Crippen LogP contribution is -2.21. The molecular formula is C3H6INOS. The van der Waals surface area contributed by atoms with Crippen molar-refractivity contribution in [3.05, 3.63) is 0 Å². The second-order valence-electron chi connectivity index (χ2n) is 0.892. The fourth-order valence-corrected chi connectivity index (χ4v) is 0.668. The van der Waals surface area contributed by atoms with E-state index in [1.807, 2.05) is 0 Å². The molecule has 0 spiro atoms. The van der Waals surface area contributed by atoms with E-state index < -0.39 is 0 Å². The van der Waals surface area contributed by atoms with E-state index in [1.165, 1.54) is 0 Å². The van der Waals surface area contributed by atoms with E-state index in [-0.39, 0.29) is 11.7 Å². The van der Waals surface area contributed by atoms with Crippen molar-refractivity contribution in [3.63, 3.8) is 0 Å². The number of carbonyl (C=O) groups excluding carboxylic acids is 1. The van der Waals surface area contributed by atoms with Crippen molar-refractivity contribution in [1.29, 1.82) is 0 Å². The van der Waals surface area contributed by atoms with Crippen LogP contribution in [0.15, 0.2) is 0 Å². The summed E-state index contributed by atoms with van der Waals surface area (Å²) >= 11 is 5.79. The highest BCUT2D eigenvalue weighted by Crippen LogP contribution is 1.76. The molecule has 4 heteroatoms. The molecule has 0 saturated heterocycles. The zero-order chi connectivity index (χ0) is 5.70. The molecule has 2 nitrogen and oxygen atoms in total. The molecule has 7 heavy (non-hydrogen) atoms. The molecular weight excluding hydrogens is 225 g/mol. The normalized spacial score (nSPS) is 8.29. The molecule has 0 aliphatic carbocycles. The van der Waals surface area contributed by atoms with Gasteiger partial charge in [-0.3, -0.25) is 4.79 Å². The third kappa shape index (κ3) is 4.40. The van der Waals surface area contributed by atoms with Gasteiger partial charge in [0.25, 0.3) is 0 Å². The van der Waals surface area contributed by atoms with Crippen LogP contribution in [-0.2, 0) is 4.79 Å². The molecule has 0 aromatic heterocycles. The Morgan fingerprint density at radius 3 is 2.57 bits per heavy atom. The summed E-state index contributed by atoms with van der Waals surface area (Å²) in [6, 6.07) is 0. The van der Waals surface area contributed by atoms with Gasteiger partial charge in [-0.25, -0.2) is 0 Å². The molecule has 0 atom stereocenters. The van der Waals surface area contributed by atoms with Crippen LogP contribution in [0.1, 0.15) is 0 Å². The molecule has 0 fully saturated rings. The van der Waals surface area contributed by atoms with Crippen LogP contribution in [0.2, 0.25) is 0 Å². The Labute approximate surface area is 61.6 Å². The predicted octanol–water partition coefficient (Wildman–Crippen LogP) is 0.425. The van der Waals surface area contributed by atoms with Crippen molar-refractivity contribution in [2.75, 3.05) is 10.3 Å². The number of thiol groups is 1. The third-order valence-corrected chi connectivity index (χ3v) is 1.08. The van der Waals surface area contributed by atoms with Crippen LogP contribution >= 0.6 is 35.2 Å². The summed E-state index contributed by atoms with van der Waals surface area (Å²) in [5.74, 6) is 0.265. The largest absolute Gasteiger partial charge is 0.346 e. The van der Waals surface area contributed by atoms with Gasteiger partial charge >= 0.3 is 0 Å². The molecule has 0 saturated carbocycles. The predicted molar refractivity (Wildman–Crippen MR) is 40.9 cm³/mol. The first-order chi connectivity index (χ1) is 3.31. The Morgan fingerprint density at radius 1 is 1.86 bits per heavy atom. The van der Waals surface area contributed by atoms with Crippen molar-refractivity contribution >= 4 is 41.1 Å². The summed E-state index contributed by atoms with van der Waals surface area (Å²) in [6.45, 7) is 0. The molecule has 42 valence electrons. The molecule has 1 N–H and O–H groups in total. The van der Waals surface area contributed by atoms with E-state index in [0.717, 1.165) is 0 Å². The van der Waals surface area contributed by atoms with E-state index in [9.17, 15) is 4.79 Å². The smallest absolute Gasteiger partial charge is 0.230 e. The number of carbonyl (C=O) groups is 1. The van der Waals surface area contributed by atoms with E-state index in [4.69, 9.17) is 0 Å². The summed E-state index contributed by atoms with van der Waals surface area (Å²) in [7, 11) is 0. The van der Waals surface area contributed by atoms with Crippen LogP contribution in [0.5, 0.6) is 0 Å². The standard InChI is InChI=1S/C3H6INOS/c4-2-5-3(6)1-7/h7H,1-2H2,(H,5,6). The summed E-state index contributed by atoms with van der Waals surface area (Å²) < 4.78 is 0.664. The Balaban J connectivity index is 3.00. The average molecular weight is 231 g/mol. The molecule has 0 bridgehead atoms. The van der Waals surface area contributed by atoms with Crippen LogP contribution < -0.4 is 5.32 Å². The monoisotopic (exact) mass is 231 g/mol. The van der Waals surface area contributed by atoms with Crippen LogP contribution in [-0.4, -0.2) is 16.2 Å². The van der Waals surface area contributed by atoms with Gasteiger partial charge in [-0.05, 0) is 0 Å². The zero-order valence-corrected chi connectivity index (χ0v) is 6.70.